The summed E-state index contributed by atoms with van der Waals surface area (Å²) < 4.78 is 0. The molecule has 0 aromatic rings. The van der Waals surface area contributed by atoms with E-state index in [0.717, 1.165) is 44.9 Å². The number of nitrogens with one attached hydrogen (secondary N) is 1. The predicted octanol–water partition coefficient (Wildman–Crippen LogP) is 1.99. The Bertz CT molecular complexity index is 274. The third-order valence-corrected chi connectivity index (χ3v) is 3.37. The highest BCUT2D eigenvalue weighted by Crippen LogP contribution is 2.27. The molecule has 3 nitrogen and oxygen atoms in total. The number of hydrogen-bond donors (Lipinski definition) is 2. The summed E-state index contributed by atoms with van der Waals surface area (Å²) in [7, 11) is 0. The average molecular weight is 237 g/mol. The second-order valence-corrected chi connectivity index (χ2v) is 4.97. The summed E-state index contributed by atoms with van der Waals surface area (Å²) in [4.78, 5) is 11.5. The topological polar surface area (TPSA) is 49.3 Å². The molecule has 0 heterocycles. The molecule has 0 aliphatic heterocycles. The van der Waals surface area contributed by atoms with Crippen LogP contribution in [0.3, 0.4) is 0 Å². The van der Waals surface area contributed by atoms with Crippen LogP contribution in [0.25, 0.3) is 0 Å². The highest BCUT2D eigenvalue weighted by Gasteiger charge is 2.29. The lowest BCUT2D eigenvalue weighted by molar-refractivity contribution is -0.122. The summed E-state index contributed by atoms with van der Waals surface area (Å²) in [5, 5.41) is 13.0. The van der Waals surface area contributed by atoms with Crippen molar-refractivity contribution in [1.82, 2.24) is 5.32 Å². The van der Waals surface area contributed by atoms with Crippen LogP contribution in [-0.2, 0) is 4.79 Å². The largest absolute Gasteiger partial charge is 0.388 e. The van der Waals surface area contributed by atoms with Crippen molar-refractivity contribution in [2.75, 3.05) is 6.54 Å². The van der Waals surface area contributed by atoms with Gasteiger partial charge in [0.1, 0.15) is 0 Å². The number of unbranched alkanes of at least 4 members (excludes halogenated alkanes) is 2. The van der Waals surface area contributed by atoms with E-state index in [1.165, 1.54) is 6.42 Å². The minimum Gasteiger partial charge on any atom is -0.388 e. The Hall–Kier alpha value is -1.01. The number of amides is 1. The van der Waals surface area contributed by atoms with E-state index in [-0.39, 0.29) is 5.91 Å². The molecule has 1 aliphatic carbocycles. The summed E-state index contributed by atoms with van der Waals surface area (Å²) in [5.41, 5.74) is -0.660. The lowest BCUT2D eigenvalue weighted by Gasteiger charge is -2.32. The van der Waals surface area contributed by atoms with Gasteiger partial charge >= 0.3 is 0 Å². The van der Waals surface area contributed by atoms with E-state index in [4.69, 9.17) is 6.42 Å². The lowest BCUT2D eigenvalue weighted by Crippen LogP contribution is -2.44. The van der Waals surface area contributed by atoms with Crippen molar-refractivity contribution in [3.8, 4) is 12.3 Å². The molecule has 0 spiro atoms. The fraction of sp³-hybridized carbons (Fsp3) is 0.786. The molecular weight excluding hydrogens is 214 g/mol. The highest BCUT2D eigenvalue weighted by molar-refractivity contribution is 5.75. The first kappa shape index (κ1) is 14.1. The van der Waals surface area contributed by atoms with Crippen LogP contribution >= 0.6 is 0 Å². The summed E-state index contributed by atoms with van der Waals surface area (Å²) in [6, 6.07) is 0. The van der Waals surface area contributed by atoms with Gasteiger partial charge in [-0.2, -0.15) is 0 Å². The Morgan fingerprint density at radius 3 is 2.65 bits per heavy atom. The van der Waals surface area contributed by atoms with Crippen LogP contribution in [0.2, 0.25) is 0 Å². The maximum absolute atomic E-state index is 11.5. The van der Waals surface area contributed by atoms with Crippen LogP contribution in [0.1, 0.15) is 57.8 Å². The molecule has 1 fully saturated rings. The highest BCUT2D eigenvalue weighted by atomic mass is 16.3. The Labute approximate surface area is 104 Å². The van der Waals surface area contributed by atoms with E-state index >= 15 is 0 Å². The summed E-state index contributed by atoms with van der Waals surface area (Å²) in [6.45, 7) is 0.404. The molecule has 0 radical (unpaired) electrons. The third kappa shape index (κ3) is 5.74. The molecule has 3 heteroatoms. The second kappa shape index (κ2) is 7.34. The van der Waals surface area contributed by atoms with Crippen LogP contribution in [0.4, 0.5) is 0 Å². The van der Waals surface area contributed by atoms with Gasteiger partial charge < -0.3 is 10.4 Å². The number of carbonyl (C=O) groups excluding carboxylic acids is 1. The predicted molar refractivity (Wildman–Crippen MR) is 68.3 cm³/mol. The third-order valence-electron chi connectivity index (χ3n) is 3.37. The number of carbonyl (C=O) groups is 1. The number of terminal acetylenes is 1. The second-order valence-electron chi connectivity index (χ2n) is 4.97. The fourth-order valence-corrected chi connectivity index (χ4v) is 2.25. The van der Waals surface area contributed by atoms with Gasteiger partial charge in [0.15, 0.2) is 0 Å². The van der Waals surface area contributed by atoms with Crippen LogP contribution in [0.15, 0.2) is 0 Å². The molecule has 0 unspecified atom stereocenters. The van der Waals surface area contributed by atoms with Gasteiger partial charge in [-0.25, -0.2) is 0 Å². The molecule has 96 valence electrons. The molecule has 1 saturated carbocycles. The summed E-state index contributed by atoms with van der Waals surface area (Å²) in [5.74, 6) is 2.59. The molecule has 1 aliphatic rings. The van der Waals surface area contributed by atoms with E-state index < -0.39 is 5.60 Å². The molecule has 17 heavy (non-hydrogen) atoms. The molecule has 0 atom stereocenters. The molecule has 0 saturated heterocycles. The number of hydrogen-bond acceptors (Lipinski definition) is 2. The molecule has 0 aromatic heterocycles. The van der Waals surface area contributed by atoms with Crippen LogP contribution < -0.4 is 5.32 Å². The Morgan fingerprint density at radius 1 is 1.29 bits per heavy atom. The minimum atomic E-state index is -0.660. The zero-order valence-corrected chi connectivity index (χ0v) is 10.5. The van der Waals surface area contributed by atoms with Crippen LogP contribution in [0, 0.1) is 12.3 Å². The van der Waals surface area contributed by atoms with Crippen molar-refractivity contribution < 1.29 is 9.90 Å². The van der Waals surface area contributed by atoms with E-state index in [2.05, 4.69) is 11.2 Å². The van der Waals surface area contributed by atoms with Gasteiger partial charge in [-0.3, -0.25) is 4.79 Å². The minimum absolute atomic E-state index is 0.0287. The lowest BCUT2D eigenvalue weighted by atomic mass is 9.85. The molecule has 0 aromatic carbocycles. The average Bonchev–Trinajstić information content (AvgIpc) is 2.33. The Kier molecular flexibility index (Phi) is 6.07. The standard InChI is InChI=1S/C14H23NO2/c1-2-3-4-6-9-13(16)15-12-14(17)10-7-5-8-11-14/h1,17H,3-12H2,(H,15,16). The first-order valence-electron chi connectivity index (χ1n) is 6.59. The molecule has 1 amide bonds. The SMILES string of the molecule is C#CCCCCC(=O)NCC1(O)CCCCC1. The van der Waals surface area contributed by atoms with Gasteiger partial charge in [-0.05, 0) is 25.7 Å². The molecular formula is C14H23NO2. The van der Waals surface area contributed by atoms with Crippen molar-refractivity contribution >= 4 is 5.91 Å². The quantitative estimate of drug-likeness (QED) is 0.548. The zero-order valence-electron chi connectivity index (χ0n) is 10.5. The van der Waals surface area contributed by atoms with E-state index in [9.17, 15) is 9.90 Å². The molecule has 0 bridgehead atoms. The van der Waals surface area contributed by atoms with Gasteiger partial charge in [-0.1, -0.05) is 19.3 Å². The van der Waals surface area contributed by atoms with Gasteiger partial charge in [0.05, 0.1) is 5.60 Å². The van der Waals surface area contributed by atoms with Gasteiger partial charge in [0.2, 0.25) is 5.91 Å². The normalized spacial score (nSPS) is 18.4. The number of rotatable bonds is 6. The maximum atomic E-state index is 11.5. The first-order valence-corrected chi connectivity index (χ1v) is 6.59. The van der Waals surface area contributed by atoms with Crippen LogP contribution in [0.5, 0.6) is 0 Å². The van der Waals surface area contributed by atoms with E-state index in [1.807, 2.05) is 0 Å². The van der Waals surface area contributed by atoms with Crippen molar-refractivity contribution in [1.29, 1.82) is 0 Å². The smallest absolute Gasteiger partial charge is 0.220 e. The first-order chi connectivity index (χ1) is 8.16. The maximum Gasteiger partial charge on any atom is 0.220 e. The zero-order chi connectivity index (χ0) is 12.6. The molecule has 1 rings (SSSR count). The van der Waals surface area contributed by atoms with Crippen molar-refractivity contribution in [2.45, 2.75) is 63.4 Å². The van der Waals surface area contributed by atoms with Crippen LogP contribution in [-0.4, -0.2) is 23.2 Å². The molecule has 2 N–H and O–H groups in total. The van der Waals surface area contributed by atoms with E-state index in [1.54, 1.807) is 0 Å². The summed E-state index contributed by atoms with van der Waals surface area (Å²) >= 11 is 0. The van der Waals surface area contributed by atoms with Crippen molar-refractivity contribution in [2.24, 2.45) is 0 Å². The van der Waals surface area contributed by atoms with Gasteiger partial charge in [0.25, 0.3) is 0 Å². The van der Waals surface area contributed by atoms with E-state index in [0.29, 0.717) is 13.0 Å². The van der Waals surface area contributed by atoms with Gasteiger partial charge in [-0.15, -0.1) is 12.3 Å². The van der Waals surface area contributed by atoms with Crippen molar-refractivity contribution in [3.63, 3.8) is 0 Å². The number of aliphatic hydroxyl groups is 1. The monoisotopic (exact) mass is 237 g/mol. The van der Waals surface area contributed by atoms with Gasteiger partial charge in [0, 0.05) is 19.4 Å². The summed E-state index contributed by atoms with van der Waals surface area (Å²) in [6.07, 6.45) is 13.0. The Balaban J connectivity index is 2.12. The fourth-order valence-electron chi connectivity index (χ4n) is 2.25. The van der Waals surface area contributed by atoms with Crippen molar-refractivity contribution in [3.05, 3.63) is 0 Å². The Morgan fingerprint density at radius 2 is 2.00 bits per heavy atom.